The zero-order valence-corrected chi connectivity index (χ0v) is 11.4. The third-order valence-corrected chi connectivity index (χ3v) is 3.53. The van der Waals surface area contributed by atoms with Gasteiger partial charge < -0.3 is 10.5 Å². The molecule has 0 aliphatic carbocycles. The third-order valence-electron chi connectivity index (χ3n) is 3.53. The van der Waals surface area contributed by atoms with Crippen LogP contribution in [0.25, 0.3) is 0 Å². The van der Waals surface area contributed by atoms with Crippen LogP contribution in [0.4, 0.5) is 8.78 Å². The maximum Gasteiger partial charge on any atom is 0.306 e. The largest absolute Gasteiger partial charge is 0.469 e. The second kappa shape index (κ2) is 6.10. The van der Waals surface area contributed by atoms with Gasteiger partial charge in [-0.25, -0.2) is 8.78 Å². The number of hydrogen-bond donors (Lipinski definition) is 1. The van der Waals surface area contributed by atoms with Crippen LogP contribution < -0.4 is 5.73 Å². The van der Waals surface area contributed by atoms with Gasteiger partial charge in [-0.05, 0) is 18.6 Å². The van der Waals surface area contributed by atoms with Crippen molar-refractivity contribution in [1.29, 1.82) is 0 Å². The fourth-order valence-corrected chi connectivity index (χ4v) is 2.27. The average molecular weight is 271 g/mol. The molecule has 1 aromatic rings. The van der Waals surface area contributed by atoms with Crippen molar-refractivity contribution in [2.75, 3.05) is 7.11 Å². The summed E-state index contributed by atoms with van der Waals surface area (Å²) in [5, 5.41) is 0. The van der Waals surface area contributed by atoms with E-state index in [4.69, 9.17) is 5.73 Å². The number of methoxy groups -OCH3 is 1. The summed E-state index contributed by atoms with van der Waals surface area (Å²) in [7, 11) is 1.23. The van der Waals surface area contributed by atoms with Crippen LogP contribution in [0.15, 0.2) is 18.2 Å². The van der Waals surface area contributed by atoms with Crippen LogP contribution >= 0.6 is 0 Å². The quantitative estimate of drug-likeness (QED) is 0.837. The molecule has 2 atom stereocenters. The molecule has 0 amide bonds. The van der Waals surface area contributed by atoms with Crippen LogP contribution in [0.2, 0.25) is 0 Å². The highest BCUT2D eigenvalue weighted by molar-refractivity contribution is 5.71. The number of halogens is 2. The molecule has 0 saturated heterocycles. The van der Waals surface area contributed by atoms with E-state index < -0.39 is 29.1 Å². The van der Waals surface area contributed by atoms with Crippen molar-refractivity contribution in [1.82, 2.24) is 0 Å². The van der Waals surface area contributed by atoms with Crippen molar-refractivity contribution in [2.45, 2.75) is 38.1 Å². The molecule has 5 heteroatoms. The molecule has 1 aromatic carbocycles. The van der Waals surface area contributed by atoms with Crippen LogP contribution in [-0.4, -0.2) is 19.1 Å². The fraction of sp³-hybridized carbons (Fsp3) is 0.500. The second-order valence-electron chi connectivity index (χ2n) is 4.78. The number of rotatable bonds is 5. The van der Waals surface area contributed by atoms with Crippen LogP contribution in [0.5, 0.6) is 0 Å². The zero-order valence-electron chi connectivity index (χ0n) is 11.4. The minimum Gasteiger partial charge on any atom is -0.469 e. The Balaban J connectivity index is 3.35. The summed E-state index contributed by atoms with van der Waals surface area (Å²) in [6.07, 6.45) is 0.317. The highest BCUT2D eigenvalue weighted by atomic mass is 19.1. The van der Waals surface area contributed by atoms with E-state index in [0.29, 0.717) is 6.42 Å². The summed E-state index contributed by atoms with van der Waals surface area (Å²) >= 11 is 0. The molecule has 0 fully saturated rings. The molecule has 3 nitrogen and oxygen atoms in total. The van der Waals surface area contributed by atoms with E-state index in [1.54, 1.807) is 13.8 Å². The highest BCUT2D eigenvalue weighted by Gasteiger charge is 2.39. The van der Waals surface area contributed by atoms with E-state index in [1.807, 2.05) is 0 Å². The van der Waals surface area contributed by atoms with E-state index in [1.165, 1.54) is 13.2 Å². The van der Waals surface area contributed by atoms with Gasteiger partial charge in [0.25, 0.3) is 0 Å². The molecule has 0 spiro atoms. The molecule has 2 unspecified atom stereocenters. The first-order valence-electron chi connectivity index (χ1n) is 6.13. The number of hydrogen-bond acceptors (Lipinski definition) is 3. The SMILES string of the molecule is CCC(N)C(C)(CC(=O)OC)c1c(F)cccc1F. The molecular formula is C14H19F2NO2. The van der Waals surface area contributed by atoms with Gasteiger partial charge in [0.1, 0.15) is 11.6 Å². The molecular weight excluding hydrogens is 252 g/mol. The number of ether oxygens (including phenoxy) is 1. The van der Waals surface area contributed by atoms with Gasteiger partial charge in [-0.2, -0.15) is 0 Å². The predicted octanol–water partition coefficient (Wildman–Crippen LogP) is 2.52. The van der Waals surface area contributed by atoms with Crippen LogP contribution in [0.1, 0.15) is 32.3 Å². The van der Waals surface area contributed by atoms with Gasteiger partial charge in [0.15, 0.2) is 0 Å². The van der Waals surface area contributed by atoms with Crippen molar-refractivity contribution in [3.05, 3.63) is 35.4 Å². The lowest BCUT2D eigenvalue weighted by Crippen LogP contribution is -2.45. The second-order valence-corrected chi connectivity index (χ2v) is 4.78. The number of esters is 1. The number of carbonyl (C=O) groups is 1. The normalized spacial score (nSPS) is 15.7. The van der Waals surface area contributed by atoms with Gasteiger partial charge in [-0.3, -0.25) is 4.79 Å². The molecule has 106 valence electrons. The smallest absolute Gasteiger partial charge is 0.306 e. The Bertz CT molecular complexity index is 445. The first-order chi connectivity index (χ1) is 8.86. The Morgan fingerprint density at radius 1 is 1.42 bits per heavy atom. The zero-order chi connectivity index (χ0) is 14.6. The Hall–Kier alpha value is -1.49. The summed E-state index contributed by atoms with van der Waals surface area (Å²) in [5.41, 5.74) is 4.68. The predicted molar refractivity (Wildman–Crippen MR) is 68.6 cm³/mol. The lowest BCUT2D eigenvalue weighted by atomic mass is 9.72. The van der Waals surface area contributed by atoms with Crippen LogP contribution in [0, 0.1) is 11.6 Å². The van der Waals surface area contributed by atoms with Crippen molar-refractivity contribution < 1.29 is 18.3 Å². The molecule has 0 aliphatic rings. The van der Waals surface area contributed by atoms with E-state index >= 15 is 0 Å². The van der Waals surface area contributed by atoms with Gasteiger partial charge in [0.05, 0.1) is 13.5 Å². The molecule has 0 aliphatic heterocycles. The van der Waals surface area contributed by atoms with Crippen molar-refractivity contribution in [3.63, 3.8) is 0 Å². The van der Waals surface area contributed by atoms with E-state index in [2.05, 4.69) is 4.74 Å². The third kappa shape index (κ3) is 3.10. The Morgan fingerprint density at radius 2 is 1.95 bits per heavy atom. The van der Waals surface area contributed by atoms with Gasteiger partial charge in [0, 0.05) is 17.0 Å². The Labute approximate surface area is 111 Å². The van der Waals surface area contributed by atoms with Crippen molar-refractivity contribution >= 4 is 5.97 Å². The van der Waals surface area contributed by atoms with Gasteiger partial charge >= 0.3 is 5.97 Å². The number of carbonyl (C=O) groups excluding carboxylic acids is 1. The number of benzene rings is 1. The summed E-state index contributed by atoms with van der Waals surface area (Å²) < 4.78 is 32.5. The summed E-state index contributed by atoms with van der Waals surface area (Å²) in [6.45, 7) is 3.39. The standard InChI is InChI=1S/C14H19F2NO2/c1-4-11(17)14(2,8-12(18)19-3)13-9(15)6-5-7-10(13)16/h5-7,11H,4,8,17H2,1-3H3. The van der Waals surface area contributed by atoms with E-state index in [0.717, 1.165) is 12.1 Å². The summed E-state index contributed by atoms with van der Waals surface area (Å²) in [6, 6.07) is 3.05. The van der Waals surface area contributed by atoms with E-state index in [-0.39, 0.29) is 12.0 Å². The lowest BCUT2D eigenvalue weighted by molar-refractivity contribution is -0.142. The molecule has 19 heavy (non-hydrogen) atoms. The van der Waals surface area contributed by atoms with Crippen LogP contribution in [-0.2, 0) is 14.9 Å². The minimum atomic E-state index is -1.14. The molecule has 0 radical (unpaired) electrons. The maximum atomic E-state index is 13.9. The van der Waals surface area contributed by atoms with E-state index in [9.17, 15) is 13.6 Å². The molecule has 0 saturated carbocycles. The number of nitrogens with two attached hydrogens (primary N) is 1. The van der Waals surface area contributed by atoms with Crippen LogP contribution in [0.3, 0.4) is 0 Å². The Morgan fingerprint density at radius 3 is 2.37 bits per heavy atom. The fourth-order valence-electron chi connectivity index (χ4n) is 2.27. The average Bonchev–Trinajstić information content (AvgIpc) is 2.37. The molecule has 0 aromatic heterocycles. The molecule has 2 N–H and O–H groups in total. The maximum absolute atomic E-state index is 13.9. The minimum absolute atomic E-state index is 0.158. The summed E-state index contributed by atoms with van der Waals surface area (Å²) in [4.78, 5) is 11.5. The van der Waals surface area contributed by atoms with Gasteiger partial charge in [-0.15, -0.1) is 0 Å². The van der Waals surface area contributed by atoms with Gasteiger partial charge in [-0.1, -0.05) is 19.9 Å². The first kappa shape index (κ1) is 15.6. The van der Waals surface area contributed by atoms with Gasteiger partial charge in [0.2, 0.25) is 0 Å². The van der Waals surface area contributed by atoms with Crippen molar-refractivity contribution in [2.24, 2.45) is 5.73 Å². The molecule has 0 heterocycles. The molecule has 0 bridgehead atoms. The summed E-state index contributed by atoms with van der Waals surface area (Å²) in [5.74, 6) is -1.94. The topological polar surface area (TPSA) is 52.3 Å². The lowest BCUT2D eigenvalue weighted by Gasteiger charge is -2.35. The monoisotopic (exact) mass is 271 g/mol. The first-order valence-corrected chi connectivity index (χ1v) is 6.13. The molecule has 1 rings (SSSR count). The van der Waals surface area contributed by atoms with Crippen molar-refractivity contribution in [3.8, 4) is 0 Å². The highest BCUT2D eigenvalue weighted by Crippen LogP contribution is 2.35. The Kier molecular flexibility index (Phi) is 5.00.